The molecule has 0 bridgehead atoms. The molecule has 7 heteroatoms. The molecule has 0 aromatic heterocycles. The Balaban J connectivity index is 1.37. The van der Waals surface area contributed by atoms with E-state index in [9.17, 15) is 17.6 Å². The number of nitrogens with one attached hydrogen (secondary N) is 1. The average Bonchev–Trinajstić information content (AvgIpc) is 2.75. The maximum Gasteiger partial charge on any atom is 0.227 e. The van der Waals surface area contributed by atoms with E-state index in [1.165, 1.54) is 28.6 Å². The van der Waals surface area contributed by atoms with Gasteiger partial charge in [0.15, 0.2) is 0 Å². The van der Waals surface area contributed by atoms with Crippen LogP contribution in [-0.2, 0) is 20.6 Å². The van der Waals surface area contributed by atoms with Crippen LogP contribution in [0.2, 0.25) is 0 Å². The van der Waals surface area contributed by atoms with Crippen molar-refractivity contribution in [2.75, 3.05) is 18.4 Å². The summed E-state index contributed by atoms with van der Waals surface area (Å²) < 4.78 is 39.8. The first-order valence-electron chi connectivity index (χ1n) is 9.93. The van der Waals surface area contributed by atoms with Gasteiger partial charge in [-0.2, -0.15) is 0 Å². The van der Waals surface area contributed by atoms with Crippen LogP contribution >= 0.6 is 0 Å². The monoisotopic (exact) mass is 426 g/mol. The molecule has 0 unspecified atom stereocenters. The van der Waals surface area contributed by atoms with E-state index < -0.39 is 15.8 Å². The normalized spacial score (nSPS) is 15.9. The minimum absolute atomic E-state index is 0.0815. The van der Waals surface area contributed by atoms with Crippen molar-refractivity contribution in [3.8, 4) is 0 Å². The highest BCUT2D eigenvalue weighted by atomic mass is 32.2. The fraction of sp³-hybridized carbons (Fsp3) is 0.261. The van der Waals surface area contributed by atoms with Crippen molar-refractivity contribution < 1.29 is 17.6 Å². The first-order valence-corrected chi connectivity index (χ1v) is 11.5. The Morgan fingerprint density at radius 1 is 0.967 bits per heavy atom. The fourth-order valence-electron chi connectivity index (χ4n) is 3.85. The van der Waals surface area contributed by atoms with Crippen LogP contribution in [0.25, 0.3) is 10.8 Å². The second-order valence-electron chi connectivity index (χ2n) is 7.57. The number of fused-ring (bicyclic) bond motifs is 1. The van der Waals surface area contributed by atoms with Gasteiger partial charge in [-0.05, 0) is 42.0 Å². The van der Waals surface area contributed by atoms with Gasteiger partial charge in [0, 0.05) is 30.1 Å². The molecule has 1 N–H and O–H groups in total. The molecule has 1 fully saturated rings. The topological polar surface area (TPSA) is 66.5 Å². The summed E-state index contributed by atoms with van der Waals surface area (Å²) in [5, 5.41) is 5.04. The predicted octanol–water partition coefficient (Wildman–Crippen LogP) is 4.16. The number of nitrogens with zero attached hydrogens (tertiary/aromatic N) is 1. The summed E-state index contributed by atoms with van der Waals surface area (Å²) in [7, 11) is -3.51. The minimum Gasteiger partial charge on any atom is -0.325 e. The predicted molar refractivity (Wildman–Crippen MR) is 116 cm³/mol. The van der Waals surface area contributed by atoms with Gasteiger partial charge in [0.2, 0.25) is 15.9 Å². The second-order valence-corrected chi connectivity index (χ2v) is 9.54. The van der Waals surface area contributed by atoms with Gasteiger partial charge in [-0.25, -0.2) is 17.1 Å². The molecule has 156 valence electrons. The van der Waals surface area contributed by atoms with Gasteiger partial charge in [0.05, 0.1) is 5.75 Å². The Labute approximate surface area is 175 Å². The summed E-state index contributed by atoms with van der Waals surface area (Å²) in [6.45, 7) is 0.605. The van der Waals surface area contributed by atoms with E-state index in [1.54, 1.807) is 0 Å². The van der Waals surface area contributed by atoms with Crippen molar-refractivity contribution in [2.24, 2.45) is 5.92 Å². The van der Waals surface area contributed by atoms with Gasteiger partial charge in [-0.15, -0.1) is 0 Å². The smallest absolute Gasteiger partial charge is 0.227 e. The highest BCUT2D eigenvalue weighted by Crippen LogP contribution is 2.26. The molecule has 3 aromatic rings. The Kier molecular flexibility index (Phi) is 5.83. The molecule has 0 radical (unpaired) electrons. The van der Waals surface area contributed by atoms with Crippen LogP contribution in [0.5, 0.6) is 0 Å². The number of carbonyl (C=O) groups excluding carboxylic acids is 1. The van der Waals surface area contributed by atoms with E-state index in [4.69, 9.17) is 0 Å². The van der Waals surface area contributed by atoms with Crippen molar-refractivity contribution >= 4 is 32.4 Å². The van der Waals surface area contributed by atoms with E-state index in [-0.39, 0.29) is 17.6 Å². The highest BCUT2D eigenvalue weighted by Gasteiger charge is 2.31. The Hall–Kier alpha value is -2.77. The number of piperidine rings is 1. The molecule has 5 nitrogen and oxygen atoms in total. The molecule has 0 spiro atoms. The van der Waals surface area contributed by atoms with Gasteiger partial charge in [0.25, 0.3) is 0 Å². The first kappa shape index (κ1) is 20.5. The molecular weight excluding hydrogens is 403 g/mol. The molecular formula is C23H23FN2O3S. The largest absolute Gasteiger partial charge is 0.325 e. The lowest BCUT2D eigenvalue weighted by molar-refractivity contribution is -0.120. The number of carbonyl (C=O) groups is 1. The maximum absolute atomic E-state index is 13.0. The Bertz CT molecular complexity index is 1150. The van der Waals surface area contributed by atoms with E-state index >= 15 is 0 Å². The molecule has 0 atom stereocenters. The van der Waals surface area contributed by atoms with Crippen LogP contribution in [0, 0.1) is 11.7 Å². The lowest BCUT2D eigenvalue weighted by Crippen LogP contribution is -2.41. The van der Waals surface area contributed by atoms with Crippen molar-refractivity contribution in [1.82, 2.24) is 4.31 Å². The van der Waals surface area contributed by atoms with Crippen LogP contribution in [0.4, 0.5) is 10.1 Å². The zero-order chi connectivity index (χ0) is 21.1. The van der Waals surface area contributed by atoms with Gasteiger partial charge < -0.3 is 5.32 Å². The second kappa shape index (κ2) is 8.53. The lowest BCUT2D eigenvalue weighted by Gasteiger charge is -2.30. The summed E-state index contributed by atoms with van der Waals surface area (Å²) in [5.74, 6) is -0.877. The van der Waals surface area contributed by atoms with Crippen LogP contribution < -0.4 is 5.32 Å². The summed E-state index contributed by atoms with van der Waals surface area (Å²) in [4.78, 5) is 12.8. The molecule has 1 amide bonds. The number of hydrogen-bond donors (Lipinski definition) is 1. The summed E-state index contributed by atoms with van der Waals surface area (Å²) >= 11 is 0. The Morgan fingerprint density at radius 2 is 1.63 bits per heavy atom. The number of hydrogen-bond acceptors (Lipinski definition) is 3. The van der Waals surface area contributed by atoms with Crippen molar-refractivity contribution in [3.05, 3.63) is 78.1 Å². The number of rotatable bonds is 5. The van der Waals surface area contributed by atoms with E-state index in [0.717, 1.165) is 16.5 Å². The van der Waals surface area contributed by atoms with E-state index in [1.807, 2.05) is 42.5 Å². The average molecular weight is 427 g/mol. The van der Waals surface area contributed by atoms with Crippen molar-refractivity contribution in [2.45, 2.75) is 18.6 Å². The number of sulfonamides is 1. The van der Waals surface area contributed by atoms with Crippen molar-refractivity contribution in [1.29, 1.82) is 0 Å². The van der Waals surface area contributed by atoms with Gasteiger partial charge >= 0.3 is 0 Å². The number of anilines is 1. The highest BCUT2D eigenvalue weighted by molar-refractivity contribution is 7.88. The first-order chi connectivity index (χ1) is 14.4. The molecule has 1 aliphatic heterocycles. The number of amides is 1. The van der Waals surface area contributed by atoms with E-state index in [2.05, 4.69) is 5.32 Å². The van der Waals surface area contributed by atoms with Crippen LogP contribution in [0.3, 0.4) is 0 Å². The molecule has 1 heterocycles. The summed E-state index contributed by atoms with van der Waals surface area (Å²) in [6, 6.07) is 19.1. The third kappa shape index (κ3) is 4.52. The Morgan fingerprint density at radius 3 is 2.37 bits per heavy atom. The zero-order valence-corrected chi connectivity index (χ0v) is 17.2. The number of halogens is 1. The standard InChI is InChI=1S/C23H23FN2O3S/c24-20-10-8-17(9-11-20)16-30(28,29)26-14-12-19(13-15-26)23(27)25-22-7-3-5-18-4-1-2-6-21(18)22/h1-11,19H,12-16H2,(H,25,27). The summed E-state index contributed by atoms with van der Waals surface area (Å²) in [6.07, 6.45) is 0.943. The van der Waals surface area contributed by atoms with Gasteiger partial charge in [0.1, 0.15) is 5.82 Å². The SMILES string of the molecule is O=C(Nc1cccc2ccccc12)C1CCN(S(=O)(=O)Cc2ccc(F)cc2)CC1. The zero-order valence-electron chi connectivity index (χ0n) is 16.4. The van der Waals surface area contributed by atoms with E-state index in [0.29, 0.717) is 31.5 Å². The molecule has 0 aliphatic carbocycles. The third-order valence-electron chi connectivity index (χ3n) is 5.53. The molecule has 0 saturated carbocycles. The maximum atomic E-state index is 13.0. The van der Waals surface area contributed by atoms with Crippen LogP contribution in [0.15, 0.2) is 66.7 Å². The van der Waals surface area contributed by atoms with Gasteiger partial charge in [-0.1, -0.05) is 48.5 Å². The third-order valence-corrected chi connectivity index (χ3v) is 7.38. The fourth-order valence-corrected chi connectivity index (χ4v) is 5.41. The minimum atomic E-state index is -3.51. The summed E-state index contributed by atoms with van der Waals surface area (Å²) in [5.41, 5.74) is 1.32. The molecule has 1 aliphatic rings. The van der Waals surface area contributed by atoms with Crippen LogP contribution in [0.1, 0.15) is 18.4 Å². The molecule has 30 heavy (non-hydrogen) atoms. The molecule has 3 aromatic carbocycles. The molecule has 4 rings (SSSR count). The molecule has 1 saturated heterocycles. The van der Waals surface area contributed by atoms with Crippen LogP contribution in [-0.4, -0.2) is 31.7 Å². The lowest BCUT2D eigenvalue weighted by atomic mass is 9.97. The quantitative estimate of drug-likeness (QED) is 0.666. The van der Waals surface area contributed by atoms with Crippen molar-refractivity contribution in [3.63, 3.8) is 0 Å². The number of benzene rings is 3. The van der Waals surface area contributed by atoms with Gasteiger partial charge in [-0.3, -0.25) is 4.79 Å².